The summed E-state index contributed by atoms with van der Waals surface area (Å²) in [6, 6.07) is 0. The van der Waals surface area contributed by atoms with Crippen molar-refractivity contribution < 1.29 is 0 Å². The molecule has 0 amide bonds. The van der Waals surface area contributed by atoms with Crippen LogP contribution in [0.15, 0.2) is 0 Å². The molecule has 1 atom stereocenters. The highest BCUT2D eigenvalue weighted by Gasteiger charge is 2.21. The van der Waals surface area contributed by atoms with Crippen LogP contribution in [-0.4, -0.2) is 5.54 Å². The highest BCUT2D eigenvalue weighted by Crippen LogP contribution is 2.21. The van der Waals surface area contributed by atoms with Gasteiger partial charge in [-0.3, -0.25) is 0 Å². The zero-order valence-corrected chi connectivity index (χ0v) is 15.6. The Morgan fingerprint density at radius 2 is 1.00 bits per heavy atom. The molecule has 0 saturated carbocycles. The van der Waals surface area contributed by atoms with E-state index in [1.54, 1.807) is 0 Å². The first-order chi connectivity index (χ1) is 10.0. The molecule has 0 radical (unpaired) electrons. The molecular formula is C20H43N. The van der Waals surface area contributed by atoms with Crippen LogP contribution >= 0.6 is 0 Å². The van der Waals surface area contributed by atoms with Crippen LogP contribution in [0.2, 0.25) is 0 Å². The lowest BCUT2D eigenvalue weighted by Gasteiger charge is -2.29. The maximum absolute atomic E-state index is 6.30. The average Bonchev–Trinajstić information content (AvgIpc) is 2.43. The summed E-state index contributed by atoms with van der Waals surface area (Å²) >= 11 is 0. The van der Waals surface area contributed by atoms with Gasteiger partial charge in [0.05, 0.1) is 0 Å². The van der Waals surface area contributed by atoms with Crippen molar-refractivity contribution in [1.29, 1.82) is 0 Å². The van der Waals surface area contributed by atoms with Crippen molar-refractivity contribution in [2.24, 2.45) is 11.7 Å². The summed E-state index contributed by atoms with van der Waals surface area (Å²) in [5.41, 5.74) is 6.34. The Balaban J connectivity index is 3.16. The average molecular weight is 298 g/mol. The molecule has 0 aromatic rings. The van der Waals surface area contributed by atoms with E-state index in [1.165, 1.54) is 89.9 Å². The minimum atomic E-state index is 0.0395. The molecule has 0 aromatic heterocycles. The Hall–Kier alpha value is -0.0400. The first kappa shape index (κ1) is 21.0. The van der Waals surface area contributed by atoms with Crippen molar-refractivity contribution in [1.82, 2.24) is 0 Å². The quantitative estimate of drug-likeness (QED) is 0.329. The van der Waals surface area contributed by atoms with Crippen LogP contribution < -0.4 is 5.73 Å². The molecule has 0 aliphatic carbocycles. The lowest BCUT2D eigenvalue weighted by atomic mass is 9.84. The Labute approximate surface area is 135 Å². The van der Waals surface area contributed by atoms with E-state index < -0.39 is 0 Å². The number of unbranched alkanes of at least 4 members (excludes halogenated alkanes) is 12. The largest absolute Gasteiger partial charge is 0.325 e. The maximum atomic E-state index is 6.30. The third-order valence-corrected chi connectivity index (χ3v) is 5.14. The van der Waals surface area contributed by atoms with Gasteiger partial charge in [0.1, 0.15) is 0 Å². The van der Waals surface area contributed by atoms with E-state index in [0.29, 0.717) is 5.92 Å². The molecule has 2 N–H and O–H groups in total. The second-order valence-corrected chi connectivity index (χ2v) is 7.65. The van der Waals surface area contributed by atoms with Gasteiger partial charge in [-0.25, -0.2) is 0 Å². The van der Waals surface area contributed by atoms with Gasteiger partial charge in [-0.2, -0.15) is 0 Å². The molecule has 21 heavy (non-hydrogen) atoms. The molecule has 1 unspecified atom stereocenters. The number of hydrogen-bond donors (Lipinski definition) is 1. The predicted molar refractivity (Wildman–Crippen MR) is 97.7 cm³/mol. The molecule has 1 nitrogen and oxygen atoms in total. The van der Waals surface area contributed by atoms with E-state index >= 15 is 0 Å². The summed E-state index contributed by atoms with van der Waals surface area (Å²) in [4.78, 5) is 0. The second-order valence-electron chi connectivity index (χ2n) is 7.65. The van der Waals surface area contributed by atoms with Crippen LogP contribution in [0.3, 0.4) is 0 Å². The summed E-state index contributed by atoms with van der Waals surface area (Å²) in [5.74, 6) is 0.592. The van der Waals surface area contributed by atoms with Crippen molar-refractivity contribution in [3.05, 3.63) is 0 Å². The molecule has 0 spiro atoms. The van der Waals surface area contributed by atoms with E-state index in [1.807, 2.05) is 0 Å². The van der Waals surface area contributed by atoms with Gasteiger partial charge >= 0.3 is 0 Å². The van der Waals surface area contributed by atoms with Crippen LogP contribution in [0.25, 0.3) is 0 Å². The lowest BCUT2D eigenvalue weighted by molar-refractivity contribution is 0.305. The summed E-state index contributed by atoms with van der Waals surface area (Å²) in [7, 11) is 0. The third kappa shape index (κ3) is 13.4. The summed E-state index contributed by atoms with van der Waals surface area (Å²) in [6.07, 6.45) is 19.7. The van der Waals surface area contributed by atoms with Gasteiger partial charge in [0.15, 0.2) is 0 Å². The van der Waals surface area contributed by atoms with Gasteiger partial charge in [0, 0.05) is 5.54 Å². The molecule has 1 heteroatoms. The maximum Gasteiger partial charge on any atom is 0.0149 e. The summed E-state index contributed by atoms with van der Waals surface area (Å²) < 4.78 is 0. The van der Waals surface area contributed by atoms with E-state index in [4.69, 9.17) is 5.73 Å². The van der Waals surface area contributed by atoms with Gasteiger partial charge < -0.3 is 5.73 Å². The van der Waals surface area contributed by atoms with E-state index in [0.717, 1.165) is 0 Å². The normalized spacial score (nSPS) is 14.6. The lowest BCUT2D eigenvalue weighted by Crippen LogP contribution is -2.41. The van der Waals surface area contributed by atoms with E-state index in [2.05, 4.69) is 27.7 Å². The van der Waals surface area contributed by atoms with Gasteiger partial charge in [0.2, 0.25) is 0 Å². The van der Waals surface area contributed by atoms with Crippen LogP contribution in [-0.2, 0) is 0 Å². The summed E-state index contributed by atoms with van der Waals surface area (Å²) in [5, 5.41) is 0. The third-order valence-electron chi connectivity index (χ3n) is 5.14. The Kier molecular flexibility index (Phi) is 13.6. The van der Waals surface area contributed by atoms with Gasteiger partial charge in [-0.15, -0.1) is 0 Å². The van der Waals surface area contributed by atoms with Crippen LogP contribution in [0.5, 0.6) is 0 Å². The first-order valence-corrected chi connectivity index (χ1v) is 9.79. The predicted octanol–water partition coefficient (Wildman–Crippen LogP) is 6.84. The van der Waals surface area contributed by atoms with E-state index in [-0.39, 0.29) is 5.54 Å². The van der Waals surface area contributed by atoms with Crippen LogP contribution in [0.1, 0.15) is 118 Å². The molecule has 0 aliphatic rings. The second kappa shape index (κ2) is 13.6. The smallest absolute Gasteiger partial charge is 0.0149 e. The van der Waals surface area contributed by atoms with Crippen molar-refractivity contribution in [3.63, 3.8) is 0 Å². The van der Waals surface area contributed by atoms with Gasteiger partial charge in [0.25, 0.3) is 0 Å². The Morgan fingerprint density at radius 1 is 0.667 bits per heavy atom. The fourth-order valence-electron chi connectivity index (χ4n) is 2.81. The SMILES string of the molecule is CCCCCCCCCCCCCCCC(C)(N)C(C)C. The number of rotatable bonds is 15. The molecular weight excluding hydrogens is 254 g/mol. The monoisotopic (exact) mass is 297 g/mol. The minimum absolute atomic E-state index is 0.0395. The standard InChI is InChI=1S/C20H43N/c1-5-6-7-8-9-10-11-12-13-14-15-16-17-18-20(4,21)19(2)3/h19H,5-18,21H2,1-4H3. The fraction of sp³-hybridized carbons (Fsp3) is 1.00. The molecule has 0 aromatic carbocycles. The molecule has 0 saturated heterocycles. The van der Waals surface area contributed by atoms with Crippen LogP contribution in [0.4, 0.5) is 0 Å². The first-order valence-electron chi connectivity index (χ1n) is 9.79. The molecule has 0 bridgehead atoms. The Bertz CT molecular complexity index is 208. The molecule has 0 rings (SSSR count). The number of nitrogens with two attached hydrogens (primary N) is 1. The minimum Gasteiger partial charge on any atom is -0.325 e. The number of hydrogen-bond acceptors (Lipinski definition) is 1. The topological polar surface area (TPSA) is 26.0 Å². The zero-order chi connectivity index (χ0) is 16.0. The summed E-state index contributed by atoms with van der Waals surface area (Å²) in [6.45, 7) is 8.97. The van der Waals surface area contributed by atoms with Gasteiger partial charge in [-0.1, -0.05) is 104 Å². The van der Waals surface area contributed by atoms with Crippen LogP contribution in [0, 0.1) is 5.92 Å². The Morgan fingerprint density at radius 3 is 1.33 bits per heavy atom. The molecule has 128 valence electrons. The highest BCUT2D eigenvalue weighted by molar-refractivity contribution is 4.81. The molecule has 0 heterocycles. The highest BCUT2D eigenvalue weighted by atomic mass is 14.7. The van der Waals surface area contributed by atoms with Crippen molar-refractivity contribution in [2.45, 2.75) is 123 Å². The van der Waals surface area contributed by atoms with E-state index in [9.17, 15) is 0 Å². The van der Waals surface area contributed by atoms with Gasteiger partial charge in [-0.05, 0) is 19.3 Å². The van der Waals surface area contributed by atoms with Crippen molar-refractivity contribution in [2.75, 3.05) is 0 Å². The molecule has 0 fully saturated rings. The van der Waals surface area contributed by atoms with Crippen molar-refractivity contribution >= 4 is 0 Å². The molecule has 0 aliphatic heterocycles. The zero-order valence-electron chi connectivity index (χ0n) is 15.6. The fourth-order valence-corrected chi connectivity index (χ4v) is 2.81. The van der Waals surface area contributed by atoms with Crippen molar-refractivity contribution in [3.8, 4) is 0 Å².